The van der Waals surface area contributed by atoms with Crippen LogP contribution in [0.4, 0.5) is 8.78 Å². The second kappa shape index (κ2) is 9.18. The van der Waals surface area contributed by atoms with Crippen molar-refractivity contribution in [2.24, 2.45) is 23.2 Å². The van der Waals surface area contributed by atoms with Gasteiger partial charge in [0.1, 0.15) is 6.10 Å². The molecule has 5 unspecified atom stereocenters. The number of ether oxygens (including phenoxy) is 3. The highest BCUT2D eigenvalue weighted by molar-refractivity contribution is 7.82. The van der Waals surface area contributed by atoms with Crippen LogP contribution < -0.4 is 0 Å². The molecule has 0 bridgehead atoms. The molecule has 3 rings (SSSR count). The Morgan fingerprint density at radius 1 is 1.29 bits per heavy atom. The van der Waals surface area contributed by atoms with Gasteiger partial charge in [0.15, 0.2) is 0 Å². The smallest absolute Gasteiger partial charge is 0.388 e. The number of alkyl halides is 2. The van der Waals surface area contributed by atoms with Crippen molar-refractivity contribution in [2.45, 2.75) is 51.4 Å². The van der Waals surface area contributed by atoms with Crippen LogP contribution >= 0.6 is 12.6 Å². The van der Waals surface area contributed by atoms with E-state index in [1.807, 2.05) is 6.08 Å². The van der Waals surface area contributed by atoms with Gasteiger partial charge in [0.05, 0.1) is 11.2 Å². The normalized spacial score (nSPS) is 32.5. The Balaban J connectivity index is 1.57. The van der Waals surface area contributed by atoms with Crippen LogP contribution in [-0.2, 0) is 23.8 Å². The van der Waals surface area contributed by atoms with E-state index in [1.54, 1.807) is 19.1 Å². The van der Waals surface area contributed by atoms with Gasteiger partial charge in [-0.3, -0.25) is 4.79 Å². The van der Waals surface area contributed by atoms with Crippen LogP contribution in [0.5, 0.6) is 0 Å². The summed E-state index contributed by atoms with van der Waals surface area (Å²) in [6.45, 7) is 5.73. The van der Waals surface area contributed by atoms with Gasteiger partial charge in [0.25, 0.3) is 0 Å². The molecular weight excluding hydrogens is 426 g/mol. The summed E-state index contributed by atoms with van der Waals surface area (Å²) in [5.74, 6) is -0.849. The first kappa shape index (κ1) is 23.6. The van der Waals surface area contributed by atoms with E-state index in [0.717, 1.165) is 18.6 Å². The molecule has 0 N–H and O–H groups in total. The fraction of sp³-hybridized carbons (Fsp3) is 0.565. The van der Waals surface area contributed by atoms with E-state index in [2.05, 4.69) is 38.6 Å². The standard InChI is InChI=1S/C23H28F2O5S/c1-14-6-4-5-7-18(15(2)10-14)28-13-29-20(26)22(3)9-8-19(17-11-16(17)12-22)30-21(27)23(24,25)31/h4,6-9,11,14-16,19,31H,5,10,12-13H2,1-3H3. The molecule has 0 aromatic heterocycles. The van der Waals surface area contributed by atoms with Gasteiger partial charge in [-0.15, -0.1) is 0 Å². The lowest BCUT2D eigenvalue weighted by Crippen LogP contribution is -2.29. The van der Waals surface area contributed by atoms with Crippen LogP contribution in [0.15, 0.2) is 47.8 Å². The summed E-state index contributed by atoms with van der Waals surface area (Å²) in [4.78, 5) is 24.2. The largest absolute Gasteiger partial charge is 0.462 e. The van der Waals surface area contributed by atoms with E-state index >= 15 is 0 Å². The molecular formula is C23H28F2O5S. The number of halogens is 2. The molecule has 0 saturated carbocycles. The Bertz CT molecular complexity index is 841. The van der Waals surface area contributed by atoms with Gasteiger partial charge in [0, 0.05) is 11.8 Å². The first-order valence-electron chi connectivity index (χ1n) is 10.4. The third-order valence-corrected chi connectivity index (χ3v) is 6.00. The number of carbonyl (C=O) groups excluding carboxylic acids is 2. The summed E-state index contributed by atoms with van der Waals surface area (Å²) in [5.41, 5.74) is -0.291. The van der Waals surface area contributed by atoms with Crippen molar-refractivity contribution in [3.05, 3.63) is 47.8 Å². The van der Waals surface area contributed by atoms with Gasteiger partial charge in [0.2, 0.25) is 6.79 Å². The fourth-order valence-corrected chi connectivity index (χ4v) is 4.07. The van der Waals surface area contributed by atoms with Crippen molar-refractivity contribution in [1.82, 2.24) is 0 Å². The molecule has 0 saturated heterocycles. The van der Waals surface area contributed by atoms with Crippen LogP contribution in [0, 0.1) is 23.2 Å². The minimum absolute atomic E-state index is 0.110. The number of hydrogen-bond acceptors (Lipinski definition) is 6. The Morgan fingerprint density at radius 2 is 2.03 bits per heavy atom. The molecule has 31 heavy (non-hydrogen) atoms. The van der Waals surface area contributed by atoms with Gasteiger partial charge < -0.3 is 14.2 Å². The molecule has 0 spiro atoms. The zero-order valence-electron chi connectivity index (χ0n) is 17.8. The summed E-state index contributed by atoms with van der Waals surface area (Å²) >= 11 is 2.94. The summed E-state index contributed by atoms with van der Waals surface area (Å²) in [7, 11) is 0. The summed E-state index contributed by atoms with van der Waals surface area (Å²) in [5, 5.41) is -3.87. The Labute approximate surface area is 186 Å². The maximum atomic E-state index is 13.0. The molecule has 5 atom stereocenters. The lowest BCUT2D eigenvalue weighted by Gasteiger charge is -2.25. The molecule has 8 heteroatoms. The first-order chi connectivity index (χ1) is 14.5. The van der Waals surface area contributed by atoms with Crippen LogP contribution in [0.3, 0.4) is 0 Å². The molecule has 3 aliphatic rings. The number of hydrogen-bond donors (Lipinski definition) is 1. The molecule has 170 valence electrons. The SMILES string of the molecule is CC1C=CCC=C(OCOC(=O)C2(C)C=CC(OC(=O)C(F)(F)S)C3=CC3C2)C(C)C1. The zero-order chi connectivity index (χ0) is 22.8. The molecule has 0 radical (unpaired) electrons. The molecule has 3 aliphatic carbocycles. The predicted molar refractivity (Wildman–Crippen MR) is 114 cm³/mol. The minimum atomic E-state index is -3.87. The van der Waals surface area contributed by atoms with Gasteiger partial charge in [-0.05, 0) is 49.8 Å². The first-order valence-corrected chi connectivity index (χ1v) is 10.8. The van der Waals surface area contributed by atoms with E-state index < -0.39 is 28.7 Å². The highest BCUT2D eigenvalue weighted by Crippen LogP contribution is 2.47. The van der Waals surface area contributed by atoms with Gasteiger partial charge in [-0.1, -0.05) is 50.8 Å². The third kappa shape index (κ3) is 5.99. The highest BCUT2D eigenvalue weighted by atomic mass is 32.1. The van der Waals surface area contributed by atoms with Crippen LogP contribution in [0.25, 0.3) is 0 Å². The van der Waals surface area contributed by atoms with Crippen molar-refractivity contribution in [2.75, 3.05) is 6.79 Å². The van der Waals surface area contributed by atoms with E-state index in [0.29, 0.717) is 17.9 Å². The second-order valence-corrected chi connectivity index (χ2v) is 9.26. The summed E-state index contributed by atoms with van der Waals surface area (Å²) < 4.78 is 42.1. The molecule has 0 aromatic carbocycles. The molecule has 0 fully saturated rings. The van der Waals surface area contributed by atoms with Crippen molar-refractivity contribution in [3.63, 3.8) is 0 Å². The maximum Gasteiger partial charge on any atom is 0.388 e. The van der Waals surface area contributed by atoms with Crippen molar-refractivity contribution in [3.8, 4) is 0 Å². The zero-order valence-corrected chi connectivity index (χ0v) is 18.7. The Morgan fingerprint density at radius 3 is 2.74 bits per heavy atom. The van der Waals surface area contributed by atoms with Crippen molar-refractivity contribution in [1.29, 1.82) is 0 Å². The van der Waals surface area contributed by atoms with E-state index in [9.17, 15) is 18.4 Å². The van der Waals surface area contributed by atoms with E-state index in [-0.39, 0.29) is 18.6 Å². The Hall–Kier alpha value is -2.09. The van der Waals surface area contributed by atoms with E-state index in [1.165, 1.54) is 6.08 Å². The second-order valence-electron chi connectivity index (χ2n) is 8.70. The molecule has 0 aliphatic heterocycles. The van der Waals surface area contributed by atoms with Crippen LogP contribution in [-0.4, -0.2) is 30.1 Å². The lowest BCUT2D eigenvalue weighted by molar-refractivity contribution is -0.163. The Kier molecular flexibility index (Phi) is 6.98. The van der Waals surface area contributed by atoms with Crippen LogP contribution in [0.1, 0.15) is 40.0 Å². The molecule has 5 nitrogen and oxygen atoms in total. The van der Waals surface area contributed by atoms with Crippen molar-refractivity contribution < 1.29 is 32.6 Å². The number of thiol groups is 1. The van der Waals surface area contributed by atoms with E-state index in [4.69, 9.17) is 14.2 Å². The van der Waals surface area contributed by atoms with Gasteiger partial charge >= 0.3 is 17.2 Å². The number of allylic oxidation sites excluding steroid dienone is 5. The summed E-state index contributed by atoms with van der Waals surface area (Å²) in [6, 6.07) is 0. The quantitative estimate of drug-likeness (QED) is 0.266. The lowest BCUT2D eigenvalue weighted by atomic mass is 9.84. The fourth-order valence-electron chi connectivity index (χ4n) is 4.01. The summed E-state index contributed by atoms with van der Waals surface area (Å²) in [6.07, 6.45) is 12.3. The number of esters is 2. The number of carbonyl (C=O) groups is 2. The minimum Gasteiger partial charge on any atom is -0.462 e. The van der Waals surface area contributed by atoms with Gasteiger partial charge in [-0.2, -0.15) is 8.78 Å². The van der Waals surface area contributed by atoms with Gasteiger partial charge in [-0.25, -0.2) is 4.79 Å². The maximum absolute atomic E-state index is 13.0. The highest BCUT2D eigenvalue weighted by Gasteiger charge is 2.46. The van der Waals surface area contributed by atoms with Crippen molar-refractivity contribution >= 4 is 24.6 Å². The predicted octanol–water partition coefficient (Wildman–Crippen LogP) is 4.97. The third-order valence-electron chi connectivity index (χ3n) is 5.82. The molecule has 0 aromatic rings. The average molecular weight is 455 g/mol. The monoisotopic (exact) mass is 454 g/mol. The molecule has 0 amide bonds. The molecule has 0 heterocycles. The van der Waals surface area contributed by atoms with Crippen LogP contribution in [0.2, 0.25) is 0 Å². The number of rotatable bonds is 6. The number of fused-ring (bicyclic) bond motifs is 1. The average Bonchev–Trinajstić information content (AvgIpc) is 3.43. The topological polar surface area (TPSA) is 61.8 Å².